The molecule has 146 valence electrons. The van der Waals surface area contributed by atoms with E-state index in [0.29, 0.717) is 6.54 Å². The maximum atomic E-state index is 4.56. The lowest BCUT2D eigenvalue weighted by atomic mass is 10.2. The molecule has 1 aliphatic rings. The van der Waals surface area contributed by atoms with Crippen LogP contribution in [0.1, 0.15) is 11.4 Å². The quantitative estimate of drug-likeness (QED) is 0.543. The van der Waals surface area contributed by atoms with Crippen LogP contribution in [0.3, 0.4) is 0 Å². The van der Waals surface area contributed by atoms with Crippen molar-refractivity contribution in [3.05, 3.63) is 59.6 Å². The summed E-state index contributed by atoms with van der Waals surface area (Å²) in [5.74, 6) is 2.76. The first-order chi connectivity index (χ1) is 13.7. The van der Waals surface area contributed by atoms with E-state index < -0.39 is 0 Å². The second kappa shape index (κ2) is 8.43. The molecule has 28 heavy (non-hydrogen) atoms. The number of thiophene rings is 1. The minimum Gasteiger partial charge on any atom is -0.360 e. The number of guanidine groups is 1. The van der Waals surface area contributed by atoms with Crippen LogP contribution in [-0.2, 0) is 6.54 Å². The number of aliphatic imine (C=N–C) groups is 1. The zero-order valence-corrected chi connectivity index (χ0v) is 17.1. The van der Waals surface area contributed by atoms with Gasteiger partial charge in [0, 0.05) is 58.4 Å². The van der Waals surface area contributed by atoms with Crippen molar-refractivity contribution in [3.8, 4) is 5.82 Å². The van der Waals surface area contributed by atoms with E-state index in [9.17, 15) is 0 Å². The summed E-state index contributed by atoms with van der Waals surface area (Å²) < 4.78 is 1.98. The Hall–Kier alpha value is -2.87. The largest absolute Gasteiger partial charge is 0.360 e. The van der Waals surface area contributed by atoms with Crippen LogP contribution in [0.4, 0.5) is 5.00 Å². The van der Waals surface area contributed by atoms with Crippen molar-refractivity contribution in [1.82, 2.24) is 24.8 Å². The van der Waals surface area contributed by atoms with Crippen LogP contribution in [0.5, 0.6) is 0 Å². The zero-order valence-electron chi connectivity index (χ0n) is 16.2. The number of rotatable bonds is 4. The third kappa shape index (κ3) is 4.01. The van der Waals surface area contributed by atoms with Gasteiger partial charge in [0.2, 0.25) is 0 Å². The predicted molar refractivity (Wildman–Crippen MR) is 114 cm³/mol. The highest BCUT2D eigenvalue weighted by Gasteiger charge is 2.20. The second-order valence-electron chi connectivity index (χ2n) is 6.70. The van der Waals surface area contributed by atoms with E-state index in [2.05, 4.69) is 53.7 Å². The van der Waals surface area contributed by atoms with E-state index in [0.717, 1.165) is 49.3 Å². The molecule has 7 nitrogen and oxygen atoms in total. The summed E-state index contributed by atoms with van der Waals surface area (Å²) in [5, 5.41) is 6.96. The molecule has 1 aliphatic heterocycles. The van der Waals surface area contributed by atoms with Gasteiger partial charge in [0.25, 0.3) is 0 Å². The molecule has 0 radical (unpaired) electrons. The van der Waals surface area contributed by atoms with Gasteiger partial charge in [-0.2, -0.15) is 0 Å². The Kier molecular flexibility index (Phi) is 5.57. The van der Waals surface area contributed by atoms with Crippen LogP contribution < -0.4 is 10.2 Å². The van der Waals surface area contributed by atoms with Crippen LogP contribution in [0.2, 0.25) is 0 Å². The van der Waals surface area contributed by atoms with Gasteiger partial charge in [-0.3, -0.25) is 9.56 Å². The molecule has 0 atom stereocenters. The lowest BCUT2D eigenvalue weighted by Gasteiger charge is -2.37. The molecule has 1 N–H and O–H groups in total. The molecule has 0 unspecified atom stereocenters. The Morgan fingerprint density at radius 1 is 1.18 bits per heavy atom. The van der Waals surface area contributed by atoms with Crippen molar-refractivity contribution in [3.63, 3.8) is 0 Å². The van der Waals surface area contributed by atoms with Crippen LogP contribution in [0.15, 0.2) is 53.2 Å². The molecule has 8 heteroatoms. The number of nitrogens with zero attached hydrogens (tertiary/aromatic N) is 6. The minimum absolute atomic E-state index is 0.702. The number of hydrogen-bond donors (Lipinski definition) is 1. The summed E-state index contributed by atoms with van der Waals surface area (Å²) in [4.78, 5) is 18.0. The van der Waals surface area contributed by atoms with Gasteiger partial charge >= 0.3 is 0 Å². The third-order valence-corrected chi connectivity index (χ3v) is 5.87. The van der Waals surface area contributed by atoms with Gasteiger partial charge in [0.15, 0.2) is 5.96 Å². The van der Waals surface area contributed by atoms with Gasteiger partial charge in [-0.05, 0) is 36.1 Å². The van der Waals surface area contributed by atoms with E-state index in [1.54, 1.807) is 17.5 Å². The SMILES string of the molecule is CN=C(NCc1ccc(-n2ccnc2C)nc1)N1CCN(c2cccs2)CC1. The minimum atomic E-state index is 0.702. The number of aromatic nitrogens is 3. The summed E-state index contributed by atoms with van der Waals surface area (Å²) in [5.41, 5.74) is 1.12. The molecule has 0 bridgehead atoms. The summed E-state index contributed by atoms with van der Waals surface area (Å²) >= 11 is 1.80. The Balaban J connectivity index is 1.32. The molecule has 0 aromatic carbocycles. The molecular formula is C20H25N7S. The molecule has 1 fully saturated rings. The predicted octanol–water partition coefficient (Wildman–Crippen LogP) is 2.53. The fourth-order valence-corrected chi connectivity index (χ4v) is 4.17. The number of nitrogens with one attached hydrogen (secondary N) is 1. The lowest BCUT2D eigenvalue weighted by Crippen LogP contribution is -2.52. The van der Waals surface area contributed by atoms with Gasteiger partial charge < -0.3 is 15.1 Å². The van der Waals surface area contributed by atoms with E-state index in [1.807, 2.05) is 37.0 Å². The lowest BCUT2D eigenvalue weighted by molar-refractivity contribution is 0.373. The normalized spacial score (nSPS) is 15.1. The second-order valence-corrected chi connectivity index (χ2v) is 7.62. The van der Waals surface area contributed by atoms with E-state index in [1.165, 1.54) is 5.00 Å². The van der Waals surface area contributed by atoms with E-state index in [-0.39, 0.29) is 0 Å². The molecular weight excluding hydrogens is 370 g/mol. The molecule has 0 saturated carbocycles. The van der Waals surface area contributed by atoms with E-state index >= 15 is 0 Å². The van der Waals surface area contributed by atoms with Crippen LogP contribution >= 0.6 is 11.3 Å². The number of hydrogen-bond acceptors (Lipinski definition) is 5. The average Bonchev–Trinajstić information content (AvgIpc) is 3.41. The highest BCUT2D eigenvalue weighted by molar-refractivity contribution is 7.14. The van der Waals surface area contributed by atoms with Gasteiger partial charge in [0.05, 0.1) is 5.00 Å². The van der Waals surface area contributed by atoms with E-state index in [4.69, 9.17) is 0 Å². The number of anilines is 1. The van der Waals surface area contributed by atoms with Gasteiger partial charge in [0.1, 0.15) is 11.6 Å². The standard InChI is InChI=1S/C20H25N7S/c1-16-22-7-8-27(16)18-6-5-17(14-23-18)15-24-20(21-2)26-11-9-25(10-12-26)19-4-3-13-28-19/h3-8,13-14H,9-12,15H2,1-2H3,(H,21,24). The average molecular weight is 396 g/mol. The Morgan fingerprint density at radius 3 is 2.64 bits per heavy atom. The molecule has 3 aromatic heterocycles. The first-order valence-corrected chi connectivity index (χ1v) is 10.3. The fourth-order valence-electron chi connectivity index (χ4n) is 3.39. The van der Waals surface area contributed by atoms with Gasteiger partial charge in [-0.15, -0.1) is 11.3 Å². The first-order valence-electron chi connectivity index (χ1n) is 9.44. The molecule has 3 aromatic rings. The monoisotopic (exact) mass is 395 g/mol. The highest BCUT2D eigenvalue weighted by Crippen LogP contribution is 2.22. The highest BCUT2D eigenvalue weighted by atomic mass is 32.1. The van der Waals surface area contributed by atoms with Crippen LogP contribution in [-0.4, -0.2) is 58.6 Å². The maximum Gasteiger partial charge on any atom is 0.194 e. The summed E-state index contributed by atoms with van der Waals surface area (Å²) in [6.07, 6.45) is 5.62. The molecule has 4 rings (SSSR count). The molecule has 4 heterocycles. The van der Waals surface area contributed by atoms with Crippen LogP contribution in [0, 0.1) is 6.92 Å². The fraction of sp³-hybridized carbons (Fsp3) is 0.350. The number of imidazole rings is 1. The molecule has 0 spiro atoms. The molecule has 0 amide bonds. The number of aryl methyl sites for hydroxylation is 1. The Bertz CT molecular complexity index is 906. The van der Waals surface area contributed by atoms with Gasteiger partial charge in [-0.1, -0.05) is 6.07 Å². The maximum absolute atomic E-state index is 4.56. The van der Waals surface area contributed by atoms with Crippen molar-refractivity contribution >= 4 is 22.3 Å². The number of pyridine rings is 1. The summed E-state index contributed by atoms with van der Waals surface area (Å²) in [6, 6.07) is 8.42. The van der Waals surface area contributed by atoms with Gasteiger partial charge in [-0.25, -0.2) is 9.97 Å². The smallest absolute Gasteiger partial charge is 0.194 e. The summed E-state index contributed by atoms with van der Waals surface area (Å²) in [6.45, 7) is 6.64. The van der Waals surface area contributed by atoms with Crippen molar-refractivity contribution in [2.75, 3.05) is 38.1 Å². The third-order valence-electron chi connectivity index (χ3n) is 4.94. The van der Waals surface area contributed by atoms with Crippen molar-refractivity contribution in [1.29, 1.82) is 0 Å². The number of piperazine rings is 1. The topological polar surface area (TPSA) is 61.6 Å². The van der Waals surface area contributed by atoms with Crippen molar-refractivity contribution in [2.24, 2.45) is 4.99 Å². The van der Waals surface area contributed by atoms with Crippen molar-refractivity contribution in [2.45, 2.75) is 13.5 Å². The van der Waals surface area contributed by atoms with Crippen molar-refractivity contribution < 1.29 is 0 Å². The Morgan fingerprint density at radius 2 is 2.04 bits per heavy atom. The zero-order chi connectivity index (χ0) is 19.3. The first kappa shape index (κ1) is 18.5. The Labute approximate surface area is 169 Å². The summed E-state index contributed by atoms with van der Waals surface area (Å²) in [7, 11) is 1.84. The molecule has 0 aliphatic carbocycles. The van der Waals surface area contributed by atoms with Crippen LogP contribution in [0.25, 0.3) is 5.82 Å². The molecule has 1 saturated heterocycles.